The molecule has 1 fully saturated rings. The van der Waals surface area contributed by atoms with Crippen LogP contribution in [-0.4, -0.2) is 33.5 Å². The molecule has 0 bridgehead atoms. The molecule has 0 spiro atoms. The normalized spacial score (nSPS) is 33.6. The highest BCUT2D eigenvalue weighted by molar-refractivity contribution is 14.1. The van der Waals surface area contributed by atoms with Crippen molar-refractivity contribution >= 4 is 28.6 Å². The van der Waals surface area contributed by atoms with Crippen LogP contribution in [0.2, 0.25) is 0 Å². The van der Waals surface area contributed by atoms with Gasteiger partial charge in [0.05, 0.1) is 0 Å². The summed E-state index contributed by atoms with van der Waals surface area (Å²) in [6.07, 6.45) is -1.16. The molecule has 0 saturated carbocycles. The van der Waals surface area contributed by atoms with Crippen LogP contribution in [0.15, 0.2) is 0 Å². The molecule has 70 valence electrons. The molecule has 1 aliphatic heterocycles. The van der Waals surface area contributed by atoms with Crippen LogP contribution in [0, 0.1) is 0 Å². The molecule has 1 aliphatic rings. The molecule has 0 radical (unpaired) electrons. The van der Waals surface area contributed by atoms with E-state index in [0.717, 1.165) is 0 Å². The van der Waals surface area contributed by atoms with Crippen molar-refractivity contribution in [2.75, 3.05) is 4.43 Å². The summed E-state index contributed by atoms with van der Waals surface area (Å²) in [5.41, 5.74) is 0. The lowest BCUT2D eigenvalue weighted by Crippen LogP contribution is -2.32. The van der Waals surface area contributed by atoms with Crippen molar-refractivity contribution in [3.05, 3.63) is 0 Å². The van der Waals surface area contributed by atoms with E-state index in [0.29, 0.717) is 4.43 Å². The molecule has 1 N–H and O–H groups in total. The molecule has 0 aliphatic carbocycles. The minimum atomic E-state index is -0.956. The third-order valence-electron chi connectivity index (χ3n) is 1.58. The van der Waals surface area contributed by atoms with Crippen LogP contribution in [0.25, 0.3) is 0 Å². The Kier molecular flexibility index (Phi) is 2.95. The average Bonchev–Trinajstić information content (AvgIpc) is 2.25. The zero-order valence-corrected chi connectivity index (χ0v) is 9.07. The summed E-state index contributed by atoms with van der Waals surface area (Å²) < 4.78 is 11.2. The number of carbonyl (C=O) groups is 1. The molecule has 0 aromatic carbocycles. The van der Waals surface area contributed by atoms with Crippen molar-refractivity contribution < 1.29 is 19.4 Å². The van der Waals surface area contributed by atoms with Crippen molar-refractivity contribution in [2.45, 2.75) is 31.8 Å². The first kappa shape index (κ1) is 10.2. The Morgan fingerprint density at radius 3 is 2.50 bits per heavy atom. The number of hydrogen-bond donors (Lipinski definition) is 1. The summed E-state index contributed by atoms with van der Waals surface area (Å²) in [7, 11) is 0. The Labute approximate surface area is 84.4 Å². The first-order chi connectivity index (χ1) is 5.46. The minimum Gasteiger partial charge on any atom is -0.479 e. The van der Waals surface area contributed by atoms with Gasteiger partial charge in [0.2, 0.25) is 0 Å². The van der Waals surface area contributed by atoms with E-state index in [-0.39, 0.29) is 6.10 Å². The number of carboxylic acid groups (broad SMARTS) is 1. The highest BCUT2D eigenvalue weighted by Crippen LogP contribution is 2.29. The van der Waals surface area contributed by atoms with Gasteiger partial charge >= 0.3 is 5.97 Å². The maximum absolute atomic E-state index is 10.7. The Balaban J connectivity index is 2.69. The highest BCUT2D eigenvalue weighted by atomic mass is 127. The van der Waals surface area contributed by atoms with Gasteiger partial charge in [-0.05, 0) is 13.8 Å². The summed E-state index contributed by atoms with van der Waals surface area (Å²) >= 11 is 2.09. The van der Waals surface area contributed by atoms with Crippen molar-refractivity contribution in [3.8, 4) is 0 Å². The fraction of sp³-hybridized carbons (Fsp3) is 0.857. The molecule has 5 heteroatoms. The van der Waals surface area contributed by atoms with E-state index in [1.165, 1.54) is 0 Å². The van der Waals surface area contributed by atoms with Crippen molar-refractivity contribution in [3.63, 3.8) is 0 Å². The zero-order chi connectivity index (χ0) is 9.35. The van der Waals surface area contributed by atoms with Crippen LogP contribution >= 0.6 is 22.6 Å². The molecule has 0 aromatic heterocycles. The molecule has 0 aromatic rings. The molecular weight excluding hydrogens is 275 g/mol. The van der Waals surface area contributed by atoms with Crippen LogP contribution < -0.4 is 0 Å². The van der Waals surface area contributed by atoms with Gasteiger partial charge in [-0.15, -0.1) is 0 Å². The third-order valence-corrected chi connectivity index (χ3v) is 2.45. The summed E-state index contributed by atoms with van der Waals surface area (Å²) in [4.78, 5) is 10.7. The third kappa shape index (κ3) is 2.08. The van der Waals surface area contributed by atoms with Crippen LogP contribution in [0.1, 0.15) is 13.8 Å². The summed E-state index contributed by atoms with van der Waals surface area (Å²) in [6, 6.07) is 0. The largest absolute Gasteiger partial charge is 0.479 e. The molecule has 1 heterocycles. The standard InChI is InChI=1S/C7H11IO4/c1-7(2)11-4(3-8)5(12-7)6(9)10/h4-5H,3H2,1-2H3,(H,9,10)/t4-,5+/m1/s1. The van der Waals surface area contributed by atoms with Crippen LogP contribution in [-0.2, 0) is 14.3 Å². The second-order valence-corrected chi connectivity index (χ2v) is 3.97. The fourth-order valence-corrected chi connectivity index (χ4v) is 1.80. The highest BCUT2D eigenvalue weighted by Gasteiger charge is 2.44. The van der Waals surface area contributed by atoms with E-state index < -0.39 is 17.9 Å². The maximum Gasteiger partial charge on any atom is 0.335 e. The first-order valence-electron chi connectivity index (χ1n) is 3.60. The SMILES string of the molecule is CC1(C)O[C@H](C(=O)O)[C@@H](CI)O1. The Morgan fingerprint density at radius 1 is 1.58 bits per heavy atom. The van der Waals surface area contributed by atoms with Gasteiger partial charge in [0.15, 0.2) is 11.9 Å². The second kappa shape index (κ2) is 3.47. The van der Waals surface area contributed by atoms with Crippen molar-refractivity contribution in [1.29, 1.82) is 0 Å². The zero-order valence-electron chi connectivity index (χ0n) is 6.91. The van der Waals surface area contributed by atoms with Gasteiger partial charge in [0, 0.05) is 4.43 Å². The van der Waals surface area contributed by atoms with Gasteiger partial charge in [-0.2, -0.15) is 0 Å². The van der Waals surface area contributed by atoms with E-state index in [1.807, 2.05) is 0 Å². The summed E-state index contributed by atoms with van der Waals surface area (Å²) in [5.74, 6) is -1.72. The lowest BCUT2D eigenvalue weighted by molar-refractivity contribution is -0.165. The fourth-order valence-electron chi connectivity index (χ4n) is 1.16. The molecule has 1 rings (SSSR count). The predicted molar refractivity (Wildman–Crippen MR) is 50.3 cm³/mol. The Bertz CT molecular complexity index is 192. The van der Waals surface area contributed by atoms with Gasteiger partial charge in [-0.1, -0.05) is 22.6 Å². The molecular formula is C7H11IO4. The lowest BCUT2D eigenvalue weighted by Gasteiger charge is -2.15. The molecule has 0 amide bonds. The van der Waals surface area contributed by atoms with Crippen molar-refractivity contribution in [2.24, 2.45) is 0 Å². The average molecular weight is 286 g/mol. The quantitative estimate of drug-likeness (QED) is 0.608. The monoisotopic (exact) mass is 286 g/mol. The minimum absolute atomic E-state index is 0.335. The Morgan fingerprint density at radius 2 is 2.17 bits per heavy atom. The lowest BCUT2D eigenvalue weighted by atomic mass is 10.2. The van der Waals surface area contributed by atoms with Crippen LogP contribution in [0.3, 0.4) is 0 Å². The number of alkyl halides is 1. The molecule has 2 atom stereocenters. The van der Waals surface area contributed by atoms with Gasteiger partial charge in [-0.3, -0.25) is 0 Å². The van der Waals surface area contributed by atoms with E-state index in [4.69, 9.17) is 14.6 Å². The number of carboxylic acids is 1. The van der Waals surface area contributed by atoms with Gasteiger partial charge < -0.3 is 14.6 Å². The second-order valence-electron chi connectivity index (χ2n) is 3.09. The van der Waals surface area contributed by atoms with E-state index in [1.54, 1.807) is 13.8 Å². The molecule has 4 nitrogen and oxygen atoms in total. The van der Waals surface area contributed by atoms with Gasteiger partial charge in [0.25, 0.3) is 0 Å². The Hall–Kier alpha value is 0.120. The van der Waals surface area contributed by atoms with Crippen LogP contribution in [0.5, 0.6) is 0 Å². The number of rotatable bonds is 2. The van der Waals surface area contributed by atoms with Crippen molar-refractivity contribution in [1.82, 2.24) is 0 Å². The smallest absolute Gasteiger partial charge is 0.335 e. The first-order valence-corrected chi connectivity index (χ1v) is 5.13. The van der Waals surface area contributed by atoms with Gasteiger partial charge in [0.1, 0.15) is 6.10 Å². The van der Waals surface area contributed by atoms with Gasteiger partial charge in [-0.25, -0.2) is 4.79 Å². The predicted octanol–water partition coefficient (Wildman–Crippen LogP) is 1.03. The van der Waals surface area contributed by atoms with E-state index in [9.17, 15) is 4.79 Å². The number of ether oxygens (including phenoxy) is 2. The van der Waals surface area contributed by atoms with Crippen LogP contribution in [0.4, 0.5) is 0 Å². The van der Waals surface area contributed by atoms with E-state index in [2.05, 4.69) is 22.6 Å². The molecule has 1 saturated heterocycles. The summed E-state index contributed by atoms with van der Waals surface area (Å²) in [5, 5.41) is 8.74. The maximum atomic E-state index is 10.7. The van der Waals surface area contributed by atoms with E-state index >= 15 is 0 Å². The number of halogens is 1. The number of hydrogen-bond acceptors (Lipinski definition) is 3. The molecule has 12 heavy (non-hydrogen) atoms. The number of aliphatic carboxylic acids is 1. The topological polar surface area (TPSA) is 55.8 Å². The summed E-state index contributed by atoms with van der Waals surface area (Å²) in [6.45, 7) is 3.44. The molecule has 0 unspecified atom stereocenters.